The van der Waals surface area contributed by atoms with Gasteiger partial charge in [-0.1, -0.05) is 20.8 Å². The highest BCUT2D eigenvalue weighted by Crippen LogP contribution is 2.24. The number of nitrogens with zero attached hydrogens (tertiary/aromatic N) is 1. The van der Waals surface area contributed by atoms with Crippen molar-refractivity contribution >= 4 is 11.8 Å². The van der Waals surface area contributed by atoms with E-state index in [9.17, 15) is 5.11 Å². The van der Waals surface area contributed by atoms with E-state index >= 15 is 0 Å². The van der Waals surface area contributed by atoms with Crippen LogP contribution in [0.5, 0.6) is 0 Å². The molecule has 0 aliphatic carbocycles. The minimum Gasteiger partial charge on any atom is -0.390 e. The van der Waals surface area contributed by atoms with Crippen LogP contribution in [0, 0.1) is 0 Å². The molecule has 3 atom stereocenters. The molecular weight excluding hydrogens is 220 g/mol. The van der Waals surface area contributed by atoms with E-state index in [1.54, 1.807) is 0 Å². The number of nitrogens with one attached hydrogen (secondary N) is 1. The van der Waals surface area contributed by atoms with Gasteiger partial charge in [-0.15, -0.1) is 0 Å². The minimum atomic E-state index is -0.228. The third-order valence-electron chi connectivity index (χ3n) is 2.77. The summed E-state index contributed by atoms with van der Waals surface area (Å²) >= 11 is 2.05. The summed E-state index contributed by atoms with van der Waals surface area (Å²) in [5.41, 5.74) is 0. The van der Waals surface area contributed by atoms with Crippen LogP contribution >= 0.6 is 11.8 Å². The quantitative estimate of drug-likeness (QED) is 0.690. The van der Waals surface area contributed by atoms with Crippen molar-refractivity contribution in [1.82, 2.24) is 10.2 Å². The van der Waals surface area contributed by atoms with Crippen molar-refractivity contribution in [2.24, 2.45) is 0 Å². The second kappa shape index (κ2) is 7.54. The van der Waals surface area contributed by atoms with Crippen LogP contribution in [0.4, 0.5) is 0 Å². The molecule has 0 radical (unpaired) electrons. The van der Waals surface area contributed by atoms with Crippen LogP contribution in [0.15, 0.2) is 0 Å². The van der Waals surface area contributed by atoms with Crippen LogP contribution in [-0.2, 0) is 0 Å². The molecule has 1 rings (SSSR count). The fourth-order valence-corrected chi connectivity index (χ4v) is 3.63. The topological polar surface area (TPSA) is 35.5 Å². The summed E-state index contributed by atoms with van der Waals surface area (Å²) < 4.78 is 0. The van der Waals surface area contributed by atoms with E-state index in [0.29, 0.717) is 10.5 Å². The Kier molecular flexibility index (Phi) is 6.73. The van der Waals surface area contributed by atoms with Gasteiger partial charge in [-0.2, -0.15) is 11.8 Å². The predicted molar refractivity (Wildman–Crippen MR) is 72.1 cm³/mol. The van der Waals surface area contributed by atoms with Gasteiger partial charge in [0.05, 0.1) is 6.10 Å². The number of thioether (sulfide) groups is 1. The number of hydrogen-bond donors (Lipinski definition) is 2. The highest BCUT2D eigenvalue weighted by atomic mass is 32.2. The van der Waals surface area contributed by atoms with Crippen molar-refractivity contribution < 1.29 is 5.11 Å². The zero-order chi connectivity index (χ0) is 12.0. The predicted octanol–water partition coefficient (Wildman–Crippen LogP) is 1.17. The van der Waals surface area contributed by atoms with Gasteiger partial charge in [0.25, 0.3) is 0 Å². The van der Waals surface area contributed by atoms with Gasteiger partial charge in [-0.3, -0.25) is 4.90 Å². The van der Waals surface area contributed by atoms with Crippen LogP contribution in [-0.4, -0.2) is 59.3 Å². The van der Waals surface area contributed by atoms with Gasteiger partial charge in [-0.05, 0) is 13.0 Å². The Morgan fingerprint density at radius 1 is 1.38 bits per heavy atom. The lowest BCUT2D eigenvalue weighted by Gasteiger charge is -2.35. The van der Waals surface area contributed by atoms with Gasteiger partial charge in [0.2, 0.25) is 0 Å². The molecule has 0 aromatic carbocycles. The van der Waals surface area contributed by atoms with Gasteiger partial charge in [0.15, 0.2) is 0 Å². The molecule has 0 aromatic heterocycles. The van der Waals surface area contributed by atoms with Gasteiger partial charge >= 0.3 is 0 Å². The lowest BCUT2D eigenvalue weighted by molar-refractivity contribution is 0.110. The summed E-state index contributed by atoms with van der Waals surface area (Å²) in [6.07, 6.45) is 0.898. The maximum Gasteiger partial charge on any atom is 0.0791 e. The molecule has 1 aliphatic heterocycles. The van der Waals surface area contributed by atoms with Gasteiger partial charge in [0.1, 0.15) is 0 Å². The molecular formula is C12H26N2OS. The Morgan fingerprint density at radius 3 is 2.56 bits per heavy atom. The summed E-state index contributed by atoms with van der Waals surface area (Å²) in [5, 5.41) is 14.5. The largest absolute Gasteiger partial charge is 0.390 e. The standard InChI is InChI=1S/C12H26N2OS/c1-4-5-13-6-12(15)9-14-7-10(2)16-11(3)8-14/h10-13,15H,4-9H2,1-3H3. The molecule has 3 nitrogen and oxygen atoms in total. The zero-order valence-corrected chi connectivity index (χ0v) is 11.6. The second-order valence-corrected chi connectivity index (χ2v) is 6.72. The molecule has 0 bridgehead atoms. The van der Waals surface area contributed by atoms with Crippen molar-refractivity contribution in [2.75, 3.05) is 32.7 Å². The van der Waals surface area contributed by atoms with Crippen molar-refractivity contribution in [3.63, 3.8) is 0 Å². The fraction of sp³-hybridized carbons (Fsp3) is 1.00. The van der Waals surface area contributed by atoms with Gasteiger partial charge < -0.3 is 10.4 Å². The molecule has 0 aromatic rings. The van der Waals surface area contributed by atoms with Crippen LogP contribution in [0.1, 0.15) is 27.2 Å². The molecule has 3 unspecified atom stereocenters. The Bertz CT molecular complexity index is 182. The van der Waals surface area contributed by atoms with E-state index < -0.39 is 0 Å². The maximum atomic E-state index is 9.89. The van der Waals surface area contributed by atoms with Crippen LogP contribution in [0.25, 0.3) is 0 Å². The third kappa shape index (κ3) is 5.53. The second-order valence-electron chi connectivity index (χ2n) is 4.83. The van der Waals surface area contributed by atoms with E-state index in [-0.39, 0.29) is 6.10 Å². The monoisotopic (exact) mass is 246 g/mol. The average Bonchev–Trinajstić information content (AvgIpc) is 2.16. The van der Waals surface area contributed by atoms with Crippen LogP contribution in [0.2, 0.25) is 0 Å². The van der Waals surface area contributed by atoms with Gasteiger partial charge in [0, 0.05) is 36.7 Å². The Balaban J connectivity index is 2.19. The minimum absolute atomic E-state index is 0.228. The first-order chi connectivity index (χ1) is 7.61. The fourth-order valence-electron chi connectivity index (χ4n) is 2.24. The summed E-state index contributed by atoms with van der Waals surface area (Å²) in [5.74, 6) is 0. The third-order valence-corrected chi connectivity index (χ3v) is 4.00. The molecule has 1 saturated heterocycles. The van der Waals surface area contributed by atoms with Crippen molar-refractivity contribution in [3.05, 3.63) is 0 Å². The van der Waals surface area contributed by atoms with E-state index in [2.05, 4.69) is 42.7 Å². The zero-order valence-electron chi connectivity index (χ0n) is 10.8. The van der Waals surface area contributed by atoms with Crippen molar-refractivity contribution in [1.29, 1.82) is 0 Å². The summed E-state index contributed by atoms with van der Waals surface area (Å²) in [7, 11) is 0. The SMILES string of the molecule is CCCNCC(O)CN1CC(C)SC(C)C1. The molecule has 0 amide bonds. The van der Waals surface area contributed by atoms with E-state index in [1.807, 2.05) is 0 Å². The summed E-state index contributed by atoms with van der Waals surface area (Å²) in [6, 6.07) is 0. The molecule has 2 N–H and O–H groups in total. The van der Waals surface area contributed by atoms with E-state index in [4.69, 9.17) is 0 Å². The number of aliphatic hydroxyl groups excluding tert-OH is 1. The van der Waals surface area contributed by atoms with Crippen molar-refractivity contribution in [2.45, 2.75) is 43.8 Å². The molecule has 4 heteroatoms. The summed E-state index contributed by atoms with van der Waals surface area (Å²) in [6.45, 7) is 11.4. The van der Waals surface area contributed by atoms with E-state index in [0.717, 1.165) is 39.1 Å². The van der Waals surface area contributed by atoms with E-state index in [1.165, 1.54) is 0 Å². The highest BCUT2D eigenvalue weighted by molar-refractivity contribution is 8.00. The normalized spacial score (nSPS) is 29.2. The first-order valence-corrected chi connectivity index (χ1v) is 7.32. The molecule has 1 heterocycles. The Labute approximate surface area is 104 Å². The highest BCUT2D eigenvalue weighted by Gasteiger charge is 2.23. The lowest BCUT2D eigenvalue weighted by atomic mass is 10.2. The molecule has 96 valence electrons. The lowest BCUT2D eigenvalue weighted by Crippen LogP contribution is -2.46. The number of aliphatic hydroxyl groups is 1. The molecule has 1 aliphatic rings. The Hall–Kier alpha value is 0.230. The molecule has 0 spiro atoms. The maximum absolute atomic E-state index is 9.89. The molecule has 16 heavy (non-hydrogen) atoms. The number of β-amino-alcohol motifs (C(OH)–C–C–N with tert-alkyl or cyclic N) is 1. The van der Waals surface area contributed by atoms with Gasteiger partial charge in [-0.25, -0.2) is 0 Å². The first kappa shape index (κ1) is 14.3. The first-order valence-electron chi connectivity index (χ1n) is 6.38. The smallest absolute Gasteiger partial charge is 0.0791 e. The number of hydrogen-bond acceptors (Lipinski definition) is 4. The summed E-state index contributed by atoms with van der Waals surface area (Å²) in [4.78, 5) is 2.39. The molecule has 0 saturated carbocycles. The average molecular weight is 246 g/mol. The Morgan fingerprint density at radius 2 is 2.00 bits per heavy atom. The van der Waals surface area contributed by atoms with Crippen LogP contribution in [0.3, 0.4) is 0 Å². The van der Waals surface area contributed by atoms with Crippen LogP contribution < -0.4 is 5.32 Å². The van der Waals surface area contributed by atoms with Crippen molar-refractivity contribution in [3.8, 4) is 0 Å². The molecule has 1 fully saturated rings. The number of rotatable bonds is 6.